The maximum absolute atomic E-state index is 15.2. The van der Waals surface area contributed by atoms with E-state index in [0.717, 1.165) is 13.9 Å². The van der Waals surface area contributed by atoms with Crippen LogP contribution in [0.3, 0.4) is 0 Å². The van der Waals surface area contributed by atoms with E-state index in [1.807, 2.05) is 0 Å². The number of hydrogen-bond donors (Lipinski definition) is 1. The maximum atomic E-state index is 15.2. The standard InChI is InChI=1S/C31H18Cl2F5IN4O6/c1-49-17-10-12(9-15(39)25(17)44)18-14-7-8-40-28(47)41(13-5-3-2-4-6-13)29(48)43(40)16(14)11-30(32)26(45)42(27(46)31(18,30)33)24-22(37)20(35)19(34)21(36)23(24)38/h2-7,9-10,16,18,44H,8,11H2,1H3/t16-,18+,30-,31+/m1/s1. The molecule has 4 aromatic rings. The van der Waals surface area contributed by atoms with Crippen LogP contribution in [0.5, 0.6) is 11.5 Å². The Kier molecular flexibility index (Phi) is 7.61. The Bertz CT molecular complexity index is 2280. The van der Waals surface area contributed by atoms with Crippen LogP contribution in [-0.4, -0.2) is 47.7 Å². The van der Waals surface area contributed by atoms with Gasteiger partial charge in [-0.25, -0.2) is 50.4 Å². The van der Waals surface area contributed by atoms with Crippen LogP contribution >= 0.6 is 45.8 Å². The number of benzene rings is 3. The van der Waals surface area contributed by atoms with Gasteiger partial charge >= 0.3 is 11.4 Å². The highest BCUT2D eigenvalue weighted by Crippen LogP contribution is 2.64. The molecular weight excluding hydrogens is 817 g/mol. The second kappa shape index (κ2) is 11.2. The first kappa shape index (κ1) is 33.3. The fourth-order valence-corrected chi connectivity index (χ4v) is 8.46. The van der Waals surface area contributed by atoms with Gasteiger partial charge in [0, 0.05) is 12.3 Å². The van der Waals surface area contributed by atoms with Crippen molar-refractivity contribution >= 4 is 63.3 Å². The average molecular weight is 835 g/mol. The predicted octanol–water partition coefficient (Wildman–Crippen LogP) is 5.01. The van der Waals surface area contributed by atoms with Crippen molar-refractivity contribution in [3.05, 3.63) is 113 Å². The minimum atomic E-state index is -2.74. The molecule has 1 aromatic heterocycles. The number of phenols is 1. The molecular formula is C31H18Cl2F5IN4O6. The van der Waals surface area contributed by atoms with Gasteiger partial charge in [-0.2, -0.15) is 0 Å². The van der Waals surface area contributed by atoms with E-state index in [2.05, 4.69) is 0 Å². The molecule has 4 atom stereocenters. The Labute approximate surface area is 294 Å². The summed E-state index contributed by atoms with van der Waals surface area (Å²) in [6.07, 6.45) is 0.721. The summed E-state index contributed by atoms with van der Waals surface area (Å²) in [5.41, 5.74) is -3.12. The molecule has 18 heteroatoms. The fraction of sp³-hybridized carbons (Fsp3) is 0.226. The number of aromatic hydroxyl groups is 1. The first-order valence-corrected chi connectivity index (χ1v) is 16.0. The van der Waals surface area contributed by atoms with Crippen molar-refractivity contribution in [2.24, 2.45) is 0 Å². The minimum Gasteiger partial charge on any atom is -0.504 e. The number of carbonyl (C=O) groups excluding carboxylic acids is 2. The summed E-state index contributed by atoms with van der Waals surface area (Å²) in [5.74, 6) is -17.7. The van der Waals surface area contributed by atoms with Crippen molar-refractivity contribution < 1.29 is 41.4 Å². The predicted molar refractivity (Wildman–Crippen MR) is 172 cm³/mol. The van der Waals surface area contributed by atoms with Gasteiger partial charge in [-0.15, -0.1) is 23.2 Å². The van der Waals surface area contributed by atoms with Crippen molar-refractivity contribution in [2.75, 3.05) is 12.0 Å². The number of allylic oxidation sites excluding steroid dienone is 2. The third kappa shape index (κ3) is 4.22. The number of carbonyl (C=O) groups is 2. The highest BCUT2D eigenvalue weighted by molar-refractivity contribution is 14.1. The van der Waals surface area contributed by atoms with E-state index in [9.17, 15) is 37.5 Å². The molecule has 2 fully saturated rings. The van der Waals surface area contributed by atoms with Gasteiger partial charge in [0.25, 0.3) is 11.8 Å². The summed E-state index contributed by atoms with van der Waals surface area (Å²) in [5, 5.41) is 10.6. The maximum Gasteiger partial charge on any atom is 0.352 e. The summed E-state index contributed by atoms with van der Waals surface area (Å²) < 4.78 is 81.6. The molecule has 0 radical (unpaired) electrons. The molecule has 0 spiro atoms. The van der Waals surface area contributed by atoms with Crippen LogP contribution in [0.2, 0.25) is 0 Å². The first-order valence-electron chi connectivity index (χ1n) is 14.2. The Balaban J connectivity index is 1.52. The number of anilines is 1. The number of phenolic OH excluding ortho intramolecular Hbond substituents is 1. The summed E-state index contributed by atoms with van der Waals surface area (Å²) in [6.45, 7) is -0.256. The van der Waals surface area contributed by atoms with Gasteiger partial charge in [0.05, 0.1) is 29.0 Å². The molecule has 1 aliphatic carbocycles. The van der Waals surface area contributed by atoms with Crippen molar-refractivity contribution in [1.29, 1.82) is 0 Å². The molecule has 7 rings (SSSR count). The van der Waals surface area contributed by atoms with Crippen molar-refractivity contribution in [3.63, 3.8) is 0 Å². The zero-order valence-electron chi connectivity index (χ0n) is 24.5. The first-order chi connectivity index (χ1) is 23.1. The van der Waals surface area contributed by atoms with Crippen LogP contribution in [0, 0.1) is 32.7 Å². The molecule has 1 N–H and O–H groups in total. The van der Waals surface area contributed by atoms with Gasteiger partial charge in [0.15, 0.2) is 44.5 Å². The van der Waals surface area contributed by atoms with Gasteiger partial charge < -0.3 is 9.84 Å². The number of methoxy groups -OCH3 is 1. The lowest BCUT2D eigenvalue weighted by Crippen LogP contribution is -2.59. The number of para-hydroxylation sites is 1. The Hall–Kier alpha value is -4.16. The van der Waals surface area contributed by atoms with E-state index in [1.165, 1.54) is 37.5 Å². The molecule has 2 amide bonds. The minimum absolute atomic E-state index is 0.0572. The third-order valence-corrected chi connectivity index (χ3v) is 11.3. The molecule has 3 aromatic carbocycles. The molecule has 49 heavy (non-hydrogen) atoms. The van der Waals surface area contributed by atoms with E-state index in [1.54, 1.807) is 40.8 Å². The van der Waals surface area contributed by atoms with Gasteiger partial charge in [0.2, 0.25) is 5.82 Å². The second-order valence-corrected chi connectivity index (χ2v) is 13.9. The zero-order valence-corrected chi connectivity index (χ0v) is 28.2. The Morgan fingerprint density at radius 1 is 0.898 bits per heavy atom. The lowest BCUT2D eigenvalue weighted by atomic mass is 9.64. The number of halogens is 8. The van der Waals surface area contributed by atoms with Crippen LogP contribution < -0.4 is 21.0 Å². The quantitative estimate of drug-likeness (QED) is 0.0589. The van der Waals surface area contributed by atoms with Crippen molar-refractivity contribution in [3.8, 4) is 17.2 Å². The van der Waals surface area contributed by atoms with Crippen LogP contribution in [0.4, 0.5) is 27.6 Å². The molecule has 1 saturated heterocycles. The normalized spacial score (nSPS) is 24.4. The van der Waals surface area contributed by atoms with Crippen LogP contribution in [0.25, 0.3) is 5.69 Å². The lowest BCUT2D eigenvalue weighted by Gasteiger charge is -2.49. The van der Waals surface area contributed by atoms with E-state index in [0.29, 0.717) is 0 Å². The molecule has 1 saturated carbocycles. The number of ether oxygens (including phenoxy) is 1. The number of amides is 2. The second-order valence-electron chi connectivity index (χ2n) is 11.5. The molecule has 3 aliphatic rings. The number of aromatic nitrogens is 3. The SMILES string of the molecule is COc1cc([C@H]2C3=CCn4c(=O)n(-c5ccccc5)c(=O)n4[C@@H]3C[C@@]3(Cl)C(=O)N(c4c(F)c(F)c(F)c(F)c4F)C(=O)[C@@]23Cl)cc(I)c1O. The molecule has 10 nitrogen and oxygen atoms in total. The van der Waals surface area contributed by atoms with E-state index in [4.69, 9.17) is 27.9 Å². The largest absolute Gasteiger partial charge is 0.504 e. The summed E-state index contributed by atoms with van der Waals surface area (Å²) in [6, 6.07) is 9.15. The summed E-state index contributed by atoms with van der Waals surface area (Å²) in [7, 11) is 1.22. The van der Waals surface area contributed by atoms with E-state index < -0.39 is 86.1 Å². The fourth-order valence-electron chi connectivity index (χ4n) is 6.92. The van der Waals surface area contributed by atoms with Crippen LogP contribution in [0.1, 0.15) is 23.9 Å². The highest BCUT2D eigenvalue weighted by Gasteiger charge is 2.76. The number of rotatable bonds is 4. The summed E-state index contributed by atoms with van der Waals surface area (Å²) in [4.78, 5) is 50.5. The van der Waals surface area contributed by atoms with Crippen LogP contribution in [0.15, 0.2) is 63.7 Å². The third-order valence-electron chi connectivity index (χ3n) is 9.11. The van der Waals surface area contributed by atoms with Crippen molar-refractivity contribution in [1.82, 2.24) is 13.9 Å². The van der Waals surface area contributed by atoms with Gasteiger partial charge in [-0.1, -0.05) is 24.3 Å². The van der Waals surface area contributed by atoms with Gasteiger partial charge in [-0.05, 0) is 58.0 Å². The smallest absolute Gasteiger partial charge is 0.352 e. The van der Waals surface area contributed by atoms with Crippen LogP contribution in [-0.2, 0) is 16.1 Å². The average Bonchev–Trinajstić information content (AvgIpc) is 3.42. The Morgan fingerprint density at radius 3 is 2.12 bits per heavy atom. The van der Waals surface area contributed by atoms with E-state index in [-0.39, 0.29) is 43.3 Å². The topological polar surface area (TPSA) is 116 Å². The van der Waals surface area contributed by atoms with Crippen molar-refractivity contribution in [2.45, 2.75) is 34.7 Å². The number of alkyl halides is 2. The number of imide groups is 1. The number of nitrogens with zero attached hydrogens (tertiary/aromatic N) is 4. The Morgan fingerprint density at radius 2 is 1.51 bits per heavy atom. The summed E-state index contributed by atoms with van der Waals surface area (Å²) >= 11 is 16.0. The zero-order chi connectivity index (χ0) is 35.5. The molecule has 0 bridgehead atoms. The molecule has 0 unspecified atom stereocenters. The number of hydrogen-bond acceptors (Lipinski definition) is 6. The molecule has 254 valence electrons. The van der Waals surface area contributed by atoms with Gasteiger partial charge in [0.1, 0.15) is 5.69 Å². The molecule has 3 heterocycles. The monoisotopic (exact) mass is 834 g/mol. The number of fused-ring (bicyclic) bond motifs is 4. The highest BCUT2D eigenvalue weighted by atomic mass is 127. The lowest BCUT2D eigenvalue weighted by molar-refractivity contribution is -0.122. The van der Waals surface area contributed by atoms with Gasteiger partial charge in [-0.3, -0.25) is 9.59 Å². The molecule has 2 aliphatic heterocycles. The van der Waals surface area contributed by atoms with E-state index >= 15 is 8.78 Å².